The molecular weight excluding hydrogens is 224 g/mol. The molecular formula is C11H14N2O4. The molecule has 0 radical (unpaired) electrons. The number of benzene rings is 1. The molecule has 0 saturated heterocycles. The van der Waals surface area contributed by atoms with Crippen LogP contribution in [0.3, 0.4) is 0 Å². The van der Waals surface area contributed by atoms with Gasteiger partial charge in [0.2, 0.25) is 0 Å². The first kappa shape index (κ1) is 12.8. The lowest BCUT2D eigenvalue weighted by Gasteiger charge is -2.07. The third-order valence-electron chi connectivity index (χ3n) is 1.80. The van der Waals surface area contributed by atoms with Gasteiger partial charge in [-0.2, -0.15) is 0 Å². The summed E-state index contributed by atoms with van der Waals surface area (Å²) >= 11 is 0. The van der Waals surface area contributed by atoms with Gasteiger partial charge in [0, 0.05) is 0 Å². The van der Waals surface area contributed by atoms with Gasteiger partial charge in [-0.05, 0) is 12.1 Å². The van der Waals surface area contributed by atoms with Crippen molar-refractivity contribution in [3.05, 3.63) is 30.3 Å². The van der Waals surface area contributed by atoms with Crippen LogP contribution in [-0.2, 0) is 4.79 Å². The number of para-hydroxylation sites is 1. The van der Waals surface area contributed by atoms with Gasteiger partial charge >= 0.3 is 12.0 Å². The van der Waals surface area contributed by atoms with Crippen molar-refractivity contribution in [1.82, 2.24) is 10.6 Å². The van der Waals surface area contributed by atoms with Crippen LogP contribution < -0.4 is 15.4 Å². The van der Waals surface area contributed by atoms with E-state index in [0.29, 0.717) is 13.2 Å². The van der Waals surface area contributed by atoms with Gasteiger partial charge in [0.1, 0.15) is 18.9 Å². The molecule has 0 aliphatic rings. The van der Waals surface area contributed by atoms with Crippen molar-refractivity contribution in [2.75, 3.05) is 19.7 Å². The highest BCUT2D eigenvalue weighted by molar-refractivity contribution is 5.79. The molecule has 0 saturated carbocycles. The minimum absolute atomic E-state index is 0.306. The number of carbonyl (C=O) groups is 2. The quantitative estimate of drug-likeness (QED) is 0.628. The molecule has 0 unspecified atom stereocenters. The fourth-order valence-corrected chi connectivity index (χ4v) is 1.07. The lowest BCUT2D eigenvalue weighted by Crippen LogP contribution is -2.40. The fourth-order valence-electron chi connectivity index (χ4n) is 1.07. The fraction of sp³-hybridized carbons (Fsp3) is 0.273. The van der Waals surface area contributed by atoms with Crippen molar-refractivity contribution in [1.29, 1.82) is 0 Å². The maximum absolute atomic E-state index is 11.0. The predicted octanol–water partition coefficient (Wildman–Crippen LogP) is 0.449. The number of carboxylic acids is 1. The predicted molar refractivity (Wildman–Crippen MR) is 61.0 cm³/mol. The lowest BCUT2D eigenvalue weighted by atomic mass is 10.3. The number of ether oxygens (including phenoxy) is 1. The van der Waals surface area contributed by atoms with E-state index in [-0.39, 0.29) is 0 Å². The van der Waals surface area contributed by atoms with Crippen molar-refractivity contribution in [3.63, 3.8) is 0 Å². The Bertz CT molecular complexity index is 367. The van der Waals surface area contributed by atoms with Crippen LogP contribution in [0.1, 0.15) is 0 Å². The zero-order chi connectivity index (χ0) is 12.5. The molecule has 0 spiro atoms. The van der Waals surface area contributed by atoms with E-state index >= 15 is 0 Å². The van der Waals surface area contributed by atoms with Crippen LogP contribution in [-0.4, -0.2) is 36.8 Å². The molecule has 6 heteroatoms. The molecule has 1 aromatic rings. The average molecular weight is 238 g/mol. The average Bonchev–Trinajstić information content (AvgIpc) is 2.33. The number of carboxylic acid groups (broad SMARTS) is 1. The summed E-state index contributed by atoms with van der Waals surface area (Å²) in [6.45, 7) is 0.232. The monoisotopic (exact) mass is 238 g/mol. The van der Waals surface area contributed by atoms with E-state index in [1.54, 1.807) is 0 Å². The Morgan fingerprint density at radius 3 is 2.53 bits per heavy atom. The molecule has 2 amide bonds. The standard InChI is InChI=1S/C11H14N2O4/c14-10(15)8-13-11(16)12-6-7-17-9-4-2-1-3-5-9/h1-5H,6-8H2,(H,14,15)(H2,12,13,16). The summed E-state index contributed by atoms with van der Waals surface area (Å²) in [5.41, 5.74) is 0. The van der Waals surface area contributed by atoms with Gasteiger partial charge in [0.25, 0.3) is 0 Å². The maximum Gasteiger partial charge on any atom is 0.323 e. The third-order valence-corrected chi connectivity index (χ3v) is 1.80. The number of hydrogen-bond donors (Lipinski definition) is 3. The molecule has 92 valence electrons. The maximum atomic E-state index is 11.0. The first-order valence-electron chi connectivity index (χ1n) is 5.10. The molecule has 0 fully saturated rings. The van der Waals surface area contributed by atoms with E-state index < -0.39 is 18.5 Å². The number of nitrogens with one attached hydrogen (secondary N) is 2. The van der Waals surface area contributed by atoms with Crippen molar-refractivity contribution >= 4 is 12.0 Å². The highest BCUT2D eigenvalue weighted by Gasteiger charge is 2.01. The summed E-state index contributed by atoms with van der Waals surface area (Å²) < 4.78 is 5.32. The molecule has 6 nitrogen and oxygen atoms in total. The Balaban J connectivity index is 2.08. The van der Waals surface area contributed by atoms with Crippen LogP contribution in [0, 0.1) is 0 Å². The van der Waals surface area contributed by atoms with Crippen LogP contribution >= 0.6 is 0 Å². The van der Waals surface area contributed by atoms with Gasteiger partial charge in [0.15, 0.2) is 0 Å². The largest absolute Gasteiger partial charge is 0.492 e. The first-order chi connectivity index (χ1) is 8.18. The molecule has 3 N–H and O–H groups in total. The van der Waals surface area contributed by atoms with Gasteiger partial charge in [-0.1, -0.05) is 18.2 Å². The zero-order valence-corrected chi connectivity index (χ0v) is 9.18. The van der Waals surface area contributed by atoms with Gasteiger partial charge in [-0.3, -0.25) is 4.79 Å². The summed E-state index contributed by atoms with van der Waals surface area (Å²) in [4.78, 5) is 21.2. The van der Waals surface area contributed by atoms with E-state index in [2.05, 4.69) is 10.6 Å². The molecule has 1 rings (SSSR count). The highest BCUT2D eigenvalue weighted by Crippen LogP contribution is 2.07. The first-order valence-corrected chi connectivity index (χ1v) is 5.10. The van der Waals surface area contributed by atoms with Crippen molar-refractivity contribution in [2.24, 2.45) is 0 Å². The molecule has 0 aliphatic heterocycles. The molecule has 0 heterocycles. The Morgan fingerprint density at radius 2 is 1.88 bits per heavy atom. The van der Waals surface area contributed by atoms with Crippen molar-refractivity contribution < 1.29 is 19.4 Å². The van der Waals surface area contributed by atoms with Crippen molar-refractivity contribution in [2.45, 2.75) is 0 Å². The van der Waals surface area contributed by atoms with Gasteiger partial charge in [-0.15, -0.1) is 0 Å². The second-order valence-electron chi connectivity index (χ2n) is 3.16. The van der Waals surface area contributed by atoms with Crippen LogP contribution in [0.5, 0.6) is 5.75 Å². The number of urea groups is 1. The summed E-state index contributed by atoms with van der Waals surface area (Å²) in [5.74, 6) is -0.360. The van der Waals surface area contributed by atoms with E-state index in [1.807, 2.05) is 30.3 Å². The van der Waals surface area contributed by atoms with Crippen molar-refractivity contribution in [3.8, 4) is 5.75 Å². The topological polar surface area (TPSA) is 87.7 Å². The summed E-state index contributed by atoms with van der Waals surface area (Å²) in [5, 5.41) is 13.0. The number of carbonyl (C=O) groups excluding carboxylic acids is 1. The third kappa shape index (κ3) is 6.03. The minimum Gasteiger partial charge on any atom is -0.492 e. The lowest BCUT2D eigenvalue weighted by molar-refractivity contribution is -0.135. The Morgan fingerprint density at radius 1 is 1.18 bits per heavy atom. The number of rotatable bonds is 6. The Hall–Kier alpha value is -2.24. The van der Waals surface area contributed by atoms with Crippen LogP contribution in [0.15, 0.2) is 30.3 Å². The van der Waals surface area contributed by atoms with Gasteiger partial charge in [0.05, 0.1) is 6.54 Å². The smallest absolute Gasteiger partial charge is 0.323 e. The summed E-state index contributed by atoms with van der Waals surface area (Å²) in [6, 6.07) is 8.67. The summed E-state index contributed by atoms with van der Waals surface area (Å²) in [6.07, 6.45) is 0. The molecule has 0 bridgehead atoms. The van der Waals surface area contributed by atoms with E-state index in [1.165, 1.54) is 0 Å². The SMILES string of the molecule is O=C(O)CNC(=O)NCCOc1ccccc1. The number of aliphatic carboxylic acids is 1. The zero-order valence-electron chi connectivity index (χ0n) is 9.18. The second-order valence-corrected chi connectivity index (χ2v) is 3.16. The van der Waals surface area contributed by atoms with Crippen LogP contribution in [0.2, 0.25) is 0 Å². The number of hydrogen-bond acceptors (Lipinski definition) is 3. The van der Waals surface area contributed by atoms with E-state index in [0.717, 1.165) is 5.75 Å². The Labute approximate surface area is 98.6 Å². The molecule has 1 aromatic carbocycles. The normalized spacial score (nSPS) is 9.41. The van der Waals surface area contributed by atoms with Gasteiger partial charge < -0.3 is 20.5 Å². The highest BCUT2D eigenvalue weighted by atomic mass is 16.5. The molecule has 0 atom stereocenters. The van der Waals surface area contributed by atoms with E-state index in [4.69, 9.17) is 9.84 Å². The van der Waals surface area contributed by atoms with Crippen LogP contribution in [0.4, 0.5) is 4.79 Å². The number of amides is 2. The molecule has 17 heavy (non-hydrogen) atoms. The van der Waals surface area contributed by atoms with Gasteiger partial charge in [-0.25, -0.2) is 4.79 Å². The Kier molecular flexibility index (Phi) is 5.36. The summed E-state index contributed by atoms with van der Waals surface area (Å²) in [7, 11) is 0. The minimum atomic E-state index is -1.08. The van der Waals surface area contributed by atoms with Crippen LogP contribution in [0.25, 0.3) is 0 Å². The second kappa shape index (κ2) is 7.10. The van der Waals surface area contributed by atoms with E-state index in [9.17, 15) is 9.59 Å². The molecule has 0 aliphatic carbocycles. The molecule has 0 aromatic heterocycles.